The van der Waals surface area contributed by atoms with Crippen LogP contribution in [0.5, 0.6) is 0 Å². The third-order valence-electron chi connectivity index (χ3n) is 6.66. The molecule has 0 unspecified atom stereocenters. The lowest BCUT2D eigenvalue weighted by Crippen LogP contribution is -2.52. The van der Waals surface area contributed by atoms with Crippen LogP contribution in [0.25, 0.3) is 0 Å². The van der Waals surface area contributed by atoms with Gasteiger partial charge in [-0.25, -0.2) is 8.42 Å². The average Bonchev–Trinajstić information content (AvgIpc) is 2.94. The van der Waals surface area contributed by atoms with Gasteiger partial charge in [0.15, 0.2) is 0 Å². The highest BCUT2D eigenvalue weighted by molar-refractivity contribution is 7.92. The highest BCUT2D eigenvalue weighted by Gasteiger charge is 2.37. The van der Waals surface area contributed by atoms with Crippen molar-refractivity contribution in [1.82, 2.24) is 10.2 Å². The molecule has 232 valence electrons. The number of alkyl halides is 3. The molecule has 0 aliphatic heterocycles. The highest BCUT2D eigenvalue weighted by atomic mass is 35.5. The van der Waals surface area contributed by atoms with Crippen LogP contribution in [0.1, 0.15) is 43.9 Å². The highest BCUT2D eigenvalue weighted by Crippen LogP contribution is 2.38. The summed E-state index contributed by atoms with van der Waals surface area (Å²) in [7, 11) is -4.54. The number of rotatable bonds is 12. The number of amides is 2. The van der Waals surface area contributed by atoms with E-state index in [9.17, 15) is 31.2 Å². The van der Waals surface area contributed by atoms with Gasteiger partial charge in [0.25, 0.3) is 10.0 Å². The van der Waals surface area contributed by atoms with Gasteiger partial charge in [-0.05, 0) is 55.2 Å². The number of nitrogens with one attached hydrogen (secondary N) is 1. The van der Waals surface area contributed by atoms with Crippen molar-refractivity contribution in [3.05, 3.63) is 94.5 Å². The van der Waals surface area contributed by atoms with Crippen molar-refractivity contribution in [3.8, 4) is 0 Å². The van der Waals surface area contributed by atoms with Crippen LogP contribution in [0.4, 0.5) is 18.9 Å². The summed E-state index contributed by atoms with van der Waals surface area (Å²) < 4.78 is 69.7. The van der Waals surface area contributed by atoms with Crippen molar-refractivity contribution in [1.29, 1.82) is 0 Å². The number of anilines is 1. The summed E-state index contributed by atoms with van der Waals surface area (Å²) in [6.45, 7) is 6.91. The first-order chi connectivity index (χ1) is 20.1. The molecule has 3 rings (SSSR count). The lowest BCUT2D eigenvalue weighted by atomic mass is 10.1. The topological polar surface area (TPSA) is 86.8 Å². The molecule has 0 aromatic heterocycles. The summed E-state index contributed by atoms with van der Waals surface area (Å²) in [5, 5.41) is 2.22. The number of carbonyl (C=O) groups excluding carboxylic acids is 2. The molecule has 0 aliphatic rings. The van der Waals surface area contributed by atoms with Gasteiger partial charge in [-0.2, -0.15) is 13.2 Å². The third-order valence-corrected chi connectivity index (χ3v) is 8.78. The molecule has 0 bridgehead atoms. The minimum atomic E-state index is -4.88. The zero-order valence-electron chi connectivity index (χ0n) is 24.4. The van der Waals surface area contributed by atoms with Gasteiger partial charge in [0.05, 0.1) is 21.2 Å². The van der Waals surface area contributed by atoms with E-state index >= 15 is 0 Å². The Morgan fingerprint density at radius 2 is 1.65 bits per heavy atom. The van der Waals surface area contributed by atoms with Crippen molar-refractivity contribution >= 4 is 39.1 Å². The summed E-state index contributed by atoms with van der Waals surface area (Å²) in [5.74, 6) is -1.04. The minimum Gasteiger partial charge on any atom is -0.354 e. The molecular weight excluding hydrogens is 603 g/mol. The fourth-order valence-electron chi connectivity index (χ4n) is 4.48. The van der Waals surface area contributed by atoms with Gasteiger partial charge in [-0.3, -0.25) is 13.9 Å². The number of benzene rings is 3. The molecule has 1 atom stereocenters. The van der Waals surface area contributed by atoms with E-state index in [0.29, 0.717) is 22.5 Å². The van der Waals surface area contributed by atoms with Crippen molar-refractivity contribution in [2.24, 2.45) is 5.92 Å². The molecule has 12 heteroatoms. The van der Waals surface area contributed by atoms with Gasteiger partial charge in [0.2, 0.25) is 11.8 Å². The van der Waals surface area contributed by atoms with E-state index in [2.05, 4.69) is 5.32 Å². The van der Waals surface area contributed by atoms with Crippen LogP contribution in [0.3, 0.4) is 0 Å². The maximum absolute atomic E-state index is 14.1. The molecule has 0 saturated heterocycles. The standard InChI is InChI=1S/C31H35ClF3N3O4S/c1-5-28(30(40)36-18-21(2)3)37(19-23-11-9-10-22(4)16-23)29(39)20-38(43(41,42)25-12-7-6-8-13-25)24-14-15-27(32)26(17-24)31(33,34)35/h6-17,21,28H,5,18-20H2,1-4H3,(H,36,40)/t28-/m0/s1. The first-order valence-corrected chi connectivity index (χ1v) is 15.5. The van der Waals surface area contributed by atoms with E-state index in [1.165, 1.54) is 29.2 Å². The first kappa shape index (κ1) is 33.9. The fourth-order valence-corrected chi connectivity index (χ4v) is 6.14. The molecule has 0 aliphatic carbocycles. The quantitative estimate of drug-likeness (QED) is 0.248. The van der Waals surface area contributed by atoms with E-state index in [-0.39, 0.29) is 23.8 Å². The number of nitrogens with zero attached hydrogens (tertiary/aromatic N) is 2. The van der Waals surface area contributed by atoms with E-state index in [0.717, 1.165) is 17.7 Å². The van der Waals surface area contributed by atoms with Crippen LogP contribution < -0.4 is 9.62 Å². The molecule has 3 aromatic rings. The minimum absolute atomic E-state index is 0.0260. The molecule has 0 fully saturated rings. The molecule has 3 aromatic carbocycles. The summed E-state index contributed by atoms with van der Waals surface area (Å²) in [4.78, 5) is 28.4. The van der Waals surface area contributed by atoms with Crippen LogP contribution in [0.15, 0.2) is 77.7 Å². The normalized spacial score (nSPS) is 12.6. The summed E-state index contributed by atoms with van der Waals surface area (Å²) in [6.07, 6.45) is -4.66. The van der Waals surface area contributed by atoms with Crippen molar-refractivity contribution in [3.63, 3.8) is 0 Å². The second-order valence-electron chi connectivity index (χ2n) is 10.6. The van der Waals surface area contributed by atoms with Crippen LogP contribution >= 0.6 is 11.6 Å². The molecule has 0 radical (unpaired) electrons. The lowest BCUT2D eigenvalue weighted by Gasteiger charge is -2.33. The predicted molar refractivity (Wildman–Crippen MR) is 161 cm³/mol. The molecule has 43 heavy (non-hydrogen) atoms. The monoisotopic (exact) mass is 637 g/mol. The van der Waals surface area contributed by atoms with E-state index in [1.807, 2.05) is 32.9 Å². The van der Waals surface area contributed by atoms with E-state index in [4.69, 9.17) is 11.6 Å². The number of halogens is 4. The van der Waals surface area contributed by atoms with Crippen molar-refractivity contribution in [2.75, 3.05) is 17.4 Å². The summed E-state index contributed by atoms with van der Waals surface area (Å²) in [5.41, 5.74) is -0.0339. The Morgan fingerprint density at radius 3 is 2.23 bits per heavy atom. The number of hydrogen-bond donors (Lipinski definition) is 1. The van der Waals surface area contributed by atoms with Gasteiger partial charge < -0.3 is 10.2 Å². The second kappa shape index (κ2) is 14.3. The van der Waals surface area contributed by atoms with Crippen LogP contribution in [-0.4, -0.2) is 44.3 Å². The second-order valence-corrected chi connectivity index (χ2v) is 12.8. The maximum atomic E-state index is 14.1. The Hall–Kier alpha value is -3.57. The number of hydrogen-bond acceptors (Lipinski definition) is 4. The third kappa shape index (κ3) is 8.73. The maximum Gasteiger partial charge on any atom is 0.417 e. The number of sulfonamides is 1. The average molecular weight is 638 g/mol. The van der Waals surface area contributed by atoms with Gasteiger partial charge in [0, 0.05) is 13.1 Å². The van der Waals surface area contributed by atoms with Crippen molar-refractivity contribution < 1.29 is 31.2 Å². The van der Waals surface area contributed by atoms with E-state index < -0.39 is 56.9 Å². The Bertz CT molecular complexity index is 1530. The Morgan fingerprint density at radius 1 is 0.977 bits per heavy atom. The molecule has 0 heterocycles. The molecular formula is C31H35ClF3N3O4S. The zero-order valence-corrected chi connectivity index (χ0v) is 25.9. The lowest BCUT2D eigenvalue weighted by molar-refractivity contribution is -0.140. The van der Waals surface area contributed by atoms with Crippen LogP contribution in [0.2, 0.25) is 5.02 Å². The Labute approximate surface area is 255 Å². The van der Waals surface area contributed by atoms with Gasteiger partial charge >= 0.3 is 6.18 Å². The first-order valence-electron chi connectivity index (χ1n) is 13.7. The summed E-state index contributed by atoms with van der Waals surface area (Å²) >= 11 is 5.82. The van der Waals surface area contributed by atoms with Crippen molar-refractivity contribution in [2.45, 2.75) is 57.8 Å². The molecule has 1 N–H and O–H groups in total. The largest absolute Gasteiger partial charge is 0.417 e. The van der Waals surface area contributed by atoms with Gasteiger partial charge in [-0.15, -0.1) is 0 Å². The smallest absolute Gasteiger partial charge is 0.354 e. The Balaban J connectivity index is 2.13. The van der Waals surface area contributed by atoms with E-state index in [1.54, 1.807) is 25.1 Å². The molecule has 0 saturated carbocycles. The molecule has 7 nitrogen and oxygen atoms in total. The number of aryl methyl sites for hydroxylation is 1. The summed E-state index contributed by atoms with van der Waals surface area (Å²) in [6, 6.07) is 16.1. The van der Waals surface area contributed by atoms with Crippen LogP contribution in [0, 0.1) is 12.8 Å². The SMILES string of the molecule is CC[C@@H](C(=O)NCC(C)C)N(Cc1cccc(C)c1)C(=O)CN(c1ccc(Cl)c(C(F)(F)F)c1)S(=O)(=O)c1ccccc1. The fraction of sp³-hybridized carbons (Fsp3) is 0.355. The molecule has 0 spiro atoms. The predicted octanol–water partition coefficient (Wildman–Crippen LogP) is 6.44. The van der Waals surface area contributed by atoms with Crippen LogP contribution in [-0.2, 0) is 32.3 Å². The van der Waals surface area contributed by atoms with Gasteiger partial charge in [0.1, 0.15) is 12.6 Å². The number of carbonyl (C=O) groups is 2. The Kier molecular flexibility index (Phi) is 11.3. The zero-order chi connectivity index (χ0) is 31.9. The molecule has 2 amide bonds. The van der Waals surface area contributed by atoms with Gasteiger partial charge in [-0.1, -0.05) is 80.4 Å².